The van der Waals surface area contributed by atoms with Gasteiger partial charge in [0, 0.05) is 19.3 Å². The molecular formula is C11H22N2O2. The maximum absolute atomic E-state index is 11.1. The third kappa shape index (κ3) is 3.80. The third-order valence-corrected chi connectivity index (χ3v) is 3.19. The molecule has 4 heteroatoms. The first-order chi connectivity index (χ1) is 7.15. The molecule has 1 aliphatic heterocycles. The fraction of sp³-hybridized carbons (Fsp3) is 0.909. The molecule has 1 heterocycles. The molecule has 4 nitrogen and oxygen atoms in total. The minimum absolute atomic E-state index is 0.192. The van der Waals surface area contributed by atoms with Crippen molar-refractivity contribution in [2.75, 3.05) is 13.2 Å². The van der Waals surface area contributed by atoms with Crippen molar-refractivity contribution in [2.24, 2.45) is 11.7 Å². The van der Waals surface area contributed by atoms with Crippen LogP contribution in [0.4, 0.5) is 0 Å². The zero-order chi connectivity index (χ0) is 11.3. The largest absolute Gasteiger partial charge is 0.381 e. The summed E-state index contributed by atoms with van der Waals surface area (Å²) < 4.78 is 5.31. The molecule has 0 spiro atoms. The molecule has 0 aromatic heterocycles. The summed E-state index contributed by atoms with van der Waals surface area (Å²) in [6.45, 7) is 5.77. The van der Waals surface area contributed by atoms with E-state index in [0.717, 1.165) is 32.5 Å². The maximum Gasteiger partial charge on any atom is 0.234 e. The van der Waals surface area contributed by atoms with E-state index < -0.39 is 0 Å². The first kappa shape index (κ1) is 12.5. The van der Waals surface area contributed by atoms with Crippen molar-refractivity contribution in [3.8, 4) is 0 Å². The first-order valence-corrected chi connectivity index (χ1v) is 5.78. The van der Waals surface area contributed by atoms with Gasteiger partial charge in [-0.3, -0.25) is 4.79 Å². The molecule has 15 heavy (non-hydrogen) atoms. The molecule has 2 atom stereocenters. The van der Waals surface area contributed by atoms with E-state index in [1.54, 1.807) is 0 Å². The fourth-order valence-electron chi connectivity index (χ4n) is 2.07. The first-order valence-electron chi connectivity index (χ1n) is 5.78. The highest BCUT2D eigenvalue weighted by molar-refractivity contribution is 5.79. The van der Waals surface area contributed by atoms with Crippen molar-refractivity contribution < 1.29 is 9.53 Å². The summed E-state index contributed by atoms with van der Waals surface area (Å²) in [7, 11) is 0. The molecular weight excluding hydrogens is 192 g/mol. The predicted octanol–water partition coefficient (Wildman–Crippen LogP) is 0.655. The normalized spacial score (nSPS) is 22.3. The number of nitrogens with one attached hydrogen (secondary N) is 1. The number of primary amides is 1. The second-order valence-electron chi connectivity index (χ2n) is 4.27. The van der Waals surface area contributed by atoms with E-state index >= 15 is 0 Å². The topological polar surface area (TPSA) is 64.3 Å². The number of hydrogen-bond donors (Lipinski definition) is 2. The quantitative estimate of drug-likeness (QED) is 0.706. The molecule has 0 aliphatic carbocycles. The van der Waals surface area contributed by atoms with Gasteiger partial charge in [-0.2, -0.15) is 0 Å². The summed E-state index contributed by atoms with van der Waals surface area (Å²) in [6.07, 6.45) is 2.90. The smallest absolute Gasteiger partial charge is 0.234 e. The van der Waals surface area contributed by atoms with Gasteiger partial charge in [-0.05, 0) is 32.1 Å². The van der Waals surface area contributed by atoms with Crippen molar-refractivity contribution in [1.29, 1.82) is 0 Å². The molecule has 0 bridgehead atoms. The second kappa shape index (κ2) is 6.08. The Kier molecular flexibility index (Phi) is 5.05. The van der Waals surface area contributed by atoms with Gasteiger partial charge in [0.1, 0.15) is 0 Å². The maximum atomic E-state index is 11.1. The van der Waals surface area contributed by atoms with Crippen LogP contribution in [0.15, 0.2) is 0 Å². The number of ether oxygens (including phenoxy) is 1. The van der Waals surface area contributed by atoms with Gasteiger partial charge in [0.05, 0.1) is 6.04 Å². The molecule has 0 radical (unpaired) electrons. The number of amides is 1. The Balaban J connectivity index is 2.38. The fourth-order valence-corrected chi connectivity index (χ4v) is 2.07. The highest BCUT2D eigenvalue weighted by atomic mass is 16.5. The number of hydrogen-bond acceptors (Lipinski definition) is 3. The molecule has 0 saturated carbocycles. The van der Waals surface area contributed by atoms with Gasteiger partial charge in [0.2, 0.25) is 5.91 Å². The molecule has 0 aromatic carbocycles. The molecule has 0 aromatic rings. The minimum atomic E-state index is -0.253. The SMILES string of the molecule is CCC(NC(C)C1CCOCC1)C(N)=O. The van der Waals surface area contributed by atoms with Gasteiger partial charge in [0.25, 0.3) is 0 Å². The van der Waals surface area contributed by atoms with Crippen LogP contribution in [-0.2, 0) is 9.53 Å². The lowest BCUT2D eigenvalue weighted by molar-refractivity contribution is -0.120. The van der Waals surface area contributed by atoms with E-state index in [1.807, 2.05) is 6.92 Å². The Hall–Kier alpha value is -0.610. The van der Waals surface area contributed by atoms with E-state index in [2.05, 4.69) is 12.2 Å². The van der Waals surface area contributed by atoms with Crippen LogP contribution < -0.4 is 11.1 Å². The van der Waals surface area contributed by atoms with Gasteiger partial charge < -0.3 is 15.8 Å². The van der Waals surface area contributed by atoms with Crippen LogP contribution >= 0.6 is 0 Å². The summed E-state index contributed by atoms with van der Waals surface area (Å²) in [5, 5.41) is 3.31. The molecule has 1 fully saturated rings. The molecule has 88 valence electrons. The van der Waals surface area contributed by atoms with Gasteiger partial charge >= 0.3 is 0 Å². The summed E-state index contributed by atoms with van der Waals surface area (Å²) >= 11 is 0. The van der Waals surface area contributed by atoms with Gasteiger partial charge in [-0.25, -0.2) is 0 Å². The highest BCUT2D eigenvalue weighted by Crippen LogP contribution is 2.18. The monoisotopic (exact) mass is 214 g/mol. The Labute approximate surface area is 91.5 Å². The Bertz CT molecular complexity index is 203. The van der Waals surface area contributed by atoms with E-state index in [-0.39, 0.29) is 11.9 Å². The zero-order valence-corrected chi connectivity index (χ0v) is 9.66. The van der Waals surface area contributed by atoms with Crippen LogP contribution in [0.2, 0.25) is 0 Å². The standard InChI is InChI=1S/C11H22N2O2/c1-3-10(11(12)14)13-8(2)9-4-6-15-7-5-9/h8-10,13H,3-7H2,1-2H3,(H2,12,14). The van der Waals surface area contributed by atoms with Crippen molar-refractivity contribution in [3.05, 3.63) is 0 Å². The average molecular weight is 214 g/mol. The van der Waals surface area contributed by atoms with Crippen molar-refractivity contribution in [1.82, 2.24) is 5.32 Å². The molecule has 1 rings (SSSR count). The molecule has 3 N–H and O–H groups in total. The molecule has 1 amide bonds. The van der Waals surface area contributed by atoms with Crippen molar-refractivity contribution in [2.45, 2.75) is 45.2 Å². The van der Waals surface area contributed by atoms with Crippen LogP contribution in [0.5, 0.6) is 0 Å². The number of nitrogens with two attached hydrogens (primary N) is 1. The van der Waals surface area contributed by atoms with Crippen LogP contribution in [-0.4, -0.2) is 31.2 Å². The Morgan fingerprint density at radius 3 is 2.60 bits per heavy atom. The van der Waals surface area contributed by atoms with Crippen LogP contribution in [0.25, 0.3) is 0 Å². The van der Waals surface area contributed by atoms with E-state index in [0.29, 0.717) is 12.0 Å². The molecule has 1 saturated heterocycles. The highest BCUT2D eigenvalue weighted by Gasteiger charge is 2.23. The third-order valence-electron chi connectivity index (χ3n) is 3.19. The van der Waals surface area contributed by atoms with Crippen molar-refractivity contribution >= 4 is 5.91 Å². The summed E-state index contributed by atoms with van der Waals surface area (Å²) in [5.41, 5.74) is 5.30. The average Bonchev–Trinajstić information content (AvgIpc) is 2.26. The summed E-state index contributed by atoms with van der Waals surface area (Å²) in [6, 6.07) is 0.147. The van der Waals surface area contributed by atoms with Gasteiger partial charge in [0.15, 0.2) is 0 Å². The van der Waals surface area contributed by atoms with Gasteiger partial charge in [-0.15, -0.1) is 0 Å². The number of carbonyl (C=O) groups is 1. The lowest BCUT2D eigenvalue weighted by atomic mass is 9.92. The molecule has 1 aliphatic rings. The lowest BCUT2D eigenvalue weighted by Crippen LogP contribution is -2.48. The van der Waals surface area contributed by atoms with E-state index in [9.17, 15) is 4.79 Å². The zero-order valence-electron chi connectivity index (χ0n) is 9.66. The van der Waals surface area contributed by atoms with Gasteiger partial charge in [-0.1, -0.05) is 6.92 Å². The summed E-state index contributed by atoms with van der Waals surface area (Å²) in [5.74, 6) is 0.351. The Morgan fingerprint density at radius 1 is 1.53 bits per heavy atom. The van der Waals surface area contributed by atoms with Crippen LogP contribution in [0.3, 0.4) is 0 Å². The second-order valence-corrected chi connectivity index (χ2v) is 4.27. The predicted molar refractivity (Wildman–Crippen MR) is 59.4 cm³/mol. The van der Waals surface area contributed by atoms with Crippen LogP contribution in [0, 0.1) is 5.92 Å². The van der Waals surface area contributed by atoms with Crippen molar-refractivity contribution in [3.63, 3.8) is 0 Å². The Morgan fingerprint density at radius 2 is 2.13 bits per heavy atom. The van der Waals surface area contributed by atoms with E-state index in [4.69, 9.17) is 10.5 Å². The van der Waals surface area contributed by atoms with Crippen LogP contribution in [0.1, 0.15) is 33.1 Å². The number of carbonyl (C=O) groups excluding carboxylic acids is 1. The number of rotatable bonds is 5. The summed E-state index contributed by atoms with van der Waals surface area (Å²) in [4.78, 5) is 11.1. The molecule has 2 unspecified atom stereocenters. The van der Waals surface area contributed by atoms with E-state index in [1.165, 1.54) is 0 Å². The minimum Gasteiger partial charge on any atom is -0.381 e. The lowest BCUT2D eigenvalue weighted by Gasteiger charge is -2.30.